The second-order valence-electron chi connectivity index (χ2n) is 10.0. The average Bonchev–Trinajstić information content (AvgIpc) is 3.59. The van der Waals surface area contributed by atoms with Gasteiger partial charge in [0.1, 0.15) is 17.0 Å². The van der Waals surface area contributed by atoms with Gasteiger partial charge < -0.3 is 10.3 Å². The molecule has 0 bridgehead atoms. The Morgan fingerprint density at radius 3 is 2.67 bits per heavy atom. The number of imidazole rings is 1. The second-order valence-corrected chi connectivity index (χ2v) is 11.9. The molecule has 0 aliphatic rings. The molecule has 0 saturated heterocycles. The molecule has 0 unspecified atom stereocenters. The van der Waals surface area contributed by atoms with Crippen LogP contribution in [-0.2, 0) is 21.4 Å². The summed E-state index contributed by atoms with van der Waals surface area (Å²) in [6.45, 7) is 1.87. The third-order valence-corrected chi connectivity index (χ3v) is 7.31. The fraction of sp³-hybridized carbons (Fsp3) is 0.172. The summed E-state index contributed by atoms with van der Waals surface area (Å²) in [4.78, 5) is 33.4. The van der Waals surface area contributed by atoms with Crippen LogP contribution in [0.1, 0.15) is 25.3 Å². The molecule has 1 amide bonds. The van der Waals surface area contributed by atoms with Crippen molar-refractivity contribution in [1.82, 2.24) is 39.8 Å². The minimum atomic E-state index is -3.46. The monoisotopic (exact) mass is 599 g/mol. The van der Waals surface area contributed by atoms with Crippen LogP contribution in [0, 0.1) is 5.82 Å². The lowest BCUT2D eigenvalue weighted by Crippen LogP contribution is -2.21. The van der Waals surface area contributed by atoms with Crippen LogP contribution in [-0.4, -0.2) is 55.7 Å². The maximum Gasteiger partial charge on any atom is 0.224 e. The van der Waals surface area contributed by atoms with E-state index in [1.165, 1.54) is 12.1 Å². The van der Waals surface area contributed by atoms with Crippen LogP contribution >= 0.6 is 0 Å². The first-order chi connectivity index (χ1) is 20.7. The van der Waals surface area contributed by atoms with E-state index < -0.39 is 15.8 Å². The van der Waals surface area contributed by atoms with Crippen LogP contribution in [0.4, 0.5) is 10.1 Å². The molecule has 14 heteroatoms. The van der Waals surface area contributed by atoms with Gasteiger partial charge in [-0.05, 0) is 48.4 Å². The number of H-pyrrole nitrogens is 2. The van der Waals surface area contributed by atoms with E-state index in [9.17, 15) is 17.6 Å². The summed E-state index contributed by atoms with van der Waals surface area (Å²) >= 11 is 0. The molecule has 0 radical (unpaired) electrons. The number of carbonyl (C=O) groups is 1. The van der Waals surface area contributed by atoms with E-state index in [-0.39, 0.29) is 12.5 Å². The standard InChI is InChI=1S/C29H26FN9O3S/c1-3-4-25(40)35-20-10-18(13-31-14-20)23-11-21-24(15-33-23)38-39-27(21)29-36-22-5-6-32-26(28(22)37-29)17-7-16(8-19(30)9-17)12-34-43(2,41)42/h5-11,13-15,34H,3-4,12H2,1-2H3,(H,35,40)(H,36,37)(H,38,39). The number of amides is 1. The van der Waals surface area contributed by atoms with Gasteiger partial charge in [0.05, 0.1) is 46.8 Å². The van der Waals surface area contributed by atoms with Crippen molar-refractivity contribution in [2.45, 2.75) is 26.3 Å². The molecule has 218 valence electrons. The van der Waals surface area contributed by atoms with E-state index in [0.29, 0.717) is 68.3 Å². The molecule has 0 aliphatic carbocycles. The summed E-state index contributed by atoms with van der Waals surface area (Å²) in [5.41, 5.74) is 5.62. The first-order valence-electron chi connectivity index (χ1n) is 13.4. The molecule has 1 aromatic carbocycles. The number of hydrogen-bond donors (Lipinski definition) is 4. The summed E-state index contributed by atoms with van der Waals surface area (Å²) in [5.74, 6) is -0.151. The van der Waals surface area contributed by atoms with Gasteiger partial charge in [0.25, 0.3) is 0 Å². The highest BCUT2D eigenvalue weighted by Gasteiger charge is 2.18. The fourth-order valence-electron chi connectivity index (χ4n) is 4.72. The lowest BCUT2D eigenvalue weighted by molar-refractivity contribution is -0.116. The van der Waals surface area contributed by atoms with Gasteiger partial charge in [-0.2, -0.15) is 5.10 Å². The lowest BCUT2D eigenvalue weighted by Gasteiger charge is -2.07. The van der Waals surface area contributed by atoms with Gasteiger partial charge in [-0.1, -0.05) is 6.92 Å². The zero-order chi connectivity index (χ0) is 30.1. The first-order valence-corrected chi connectivity index (χ1v) is 15.2. The molecule has 43 heavy (non-hydrogen) atoms. The van der Waals surface area contributed by atoms with E-state index in [4.69, 9.17) is 4.98 Å². The SMILES string of the molecule is CCCC(=O)Nc1cncc(-c2cc3c(-c4nc5c(-c6cc(F)cc(CNS(C)(=O)=O)c6)nccc5[nH]4)n[nH]c3cn2)c1. The van der Waals surface area contributed by atoms with Crippen molar-refractivity contribution in [1.29, 1.82) is 0 Å². The van der Waals surface area contributed by atoms with E-state index >= 15 is 0 Å². The van der Waals surface area contributed by atoms with E-state index in [2.05, 4.69) is 40.2 Å². The van der Waals surface area contributed by atoms with Crippen LogP contribution < -0.4 is 10.0 Å². The number of hydrogen-bond acceptors (Lipinski definition) is 8. The van der Waals surface area contributed by atoms with Crippen LogP contribution in [0.15, 0.2) is 61.2 Å². The third kappa shape index (κ3) is 6.10. The molecule has 5 heterocycles. The minimum Gasteiger partial charge on any atom is -0.336 e. The molecule has 0 fully saturated rings. The molecule has 6 rings (SSSR count). The van der Waals surface area contributed by atoms with Crippen LogP contribution in [0.5, 0.6) is 0 Å². The van der Waals surface area contributed by atoms with Gasteiger partial charge in [0, 0.05) is 41.9 Å². The molecule has 0 aliphatic heterocycles. The minimum absolute atomic E-state index is 0.0649. The highest BCUT2D eigenvalue weighted by Crippen LogP contribution is 2.32. The van der Waals surface area contributed by atoms with Crippen molar-refractivity contribution < 1.29 is 17.6 Å². The third-order valence-electron chi connectivity index (χ3n) is 6.64. The van der Waals surface area contributed by atoms with Crippen molar-refractivity contribution in [3.8, 4) is 34.0 Å². The number of rotatable bonds is 9. The number of sulfonamides is 1. The van der Waals surface area contributed by atoms with Crippen LogP contribution in [0.25, 0.3) is 56.0 Å². The predicted octanol–water partition coefficient (Wildman–Crippen LogP) is 4.55. The quantitative estimate of drug-likeness (QED) is 0.187. The van der Waals surface area contributed by atoms with Crippen LogP contribution in [0.2, 0.25) is 0 Å². The van der Waals surface area contributed by atoms with Crippen molar-refractivity contribution in [3.63, 3.8) is 0 Å². The van der Waals surface area contributed by atoms with Gasteiger partial charge in [0.2, 0.25) is 15.9 Å². The Bertz CT molecular complexity index is 2110. The Morgan fingerprint density at radius 2 is 1.86 bits per heavy atom. The van der Waals surface area contributed by atoms with Crippen LogP contribution in [0.3, 0.4) is 0 Å². The van der Waals surface area contributed by atoms with Crippen molar-refractivity contribution in [3.05, 3.63) is 72.6 Å². The Balaban J connectivity index is 1.37. The molecule has 0 atom stereocenters. The summed E-state index contributed by atoms with van der Waals surface area (Å²) in [5, 5.41) is 11.1. The fourth-order valence-corrected chi connectivity index (χ4v) is 5.15. The summed E-state index contributed by atoms with van der Waals surface area (Å²) in [7, 11) is -3.46. The number of nitrogens with zero attached hydrogens (tertiary/aromatic N) is 5. The van der Waals surface area contributed by atoms with Gasteiger partial charge >= 0.3 is 0 Å². The maximum absolute atomic E-state index is 14.6. The van der Waals surface area contributed by atoms with Gasteiger partial charge in [-0.3, -0.25) is 24.8 Å². The Hall–Kier alpha value is -5.08. The average molecular weight is 600 g/mol. The molecule has 4 N–H and O–H groups in total. The molecule has 0 spiro atoms. The van der Waals surface area contributed by atoms with Gasteiger partial charge in [-0.25, -0.2) is 22.5 Å². The van der Waals surface area contributed by atoms with Crippen molar-refractivity contribution in [2.24, 2.45) is 0 Å². The smallest absolute Gasteiger partial charge is 0.224 e. The Labute approximate surface area is 245 Å². The number of anilines is 1. The molecule has 12 nitrogen and oxygen atoms in total. The molecular formula is C29H26FN9O3S. The Morgan fingerprint density at radius 1 is 1.00 bits per heavy atom. The highest BCUT2D eigenvalue weighted by atomic mass is 32.2. The molecule has 6 aromatic rings. The largest absolute Gasteiger partial charge is 0.336 e. The summed E-state index contributed by atoms with van der Waals surface area (Å²) < 4.78 is 40.0. The number of halogens is 1. The number of pyridine rings is 3. The van der Waals surface area contributed by atoms with Gasteiger partial charge in [0.15, 0.2) is 5.82 Å². The normalized spacial score (nSPS) is 11.8. The number of aromatic amines is 2. The maximum atomic E-state index is 14.6. The molecular weight excluding hydrogens is 573 g/mol. The number of nitrogens with one attached hydrogen (secondary N) is 4. The summed E-state index contributed by atoms with van der Waals surface area (Å²) in [6.07, 6.45) is 8.71. The number of aromatic nitrogens is 7. The number of fused-ring (bicyclic) bond motifs is 2. The number of benzene rings is 1. The first kappa shape index (κ1) is 28.1. The van der Waals surface area contributed by atoms with E-state index in [1.807, 2.05) is 19.1 Å². The topological polar surface area (TPSA) is 171 Å². The zero-order valence-electron chi connectivity index (χ0n) is 23.1. The number of carbonyl (C=O) groups excluding carboxylic acids is 1. The second kappa shape index (κ2) is 11.3. The molecule has 5 aromatic heterocycles. The predicted molar refractivity (Wildman–Crippen MR) is 161 cm³/mol. The van der Waals surface area contributed by atoms with E-state index in [0.717, 1.165) is 18.1 Å². The van der Waals surface area contributed by atoms with Crippen molar-refractivity contribution in [2.75, 3.05) is 11.6 Å². The highest BCUT2D eigenvalue weighted by molar-refractivity contribution is 7.88. The summed E-state index contributed by atoms with van der Waals surface area (Å²) in [6, 6.07) is 9.70. The Kier molecular flexibility index (Phi) is 7.38. The van der Waals surface area contributed by atoms with E-state index in [1.54, 1.807) is 36.9 Å². The zero-order valence-corrected chi connectivity index (χ0v) is 24.0. The van der Waals surface area contributed by atoms with Crippen molar-refractivity contribution >= 4 is 43.6 Å². The lowest BCUT2D eigenvalue weighted by atomic mass is 10.1. The molecule has 0 saturated carbocycles. The van der Waals surface area contributed by atoms with Gasteiger partial charge in [-0.15, -0.1) is 0 Å².